The number of hydrogen-bond acceptors (Lipinski definition) is 5. The Hall–Kier alpha value is -2.87. The minimum atomic E-state index is -1.17. The molecule has 2 atom stereocenters. The highest BCUT2D eigenvalue weighted by Crippen LogP contribution is 2.22. The van der Waals surface area contributed by atoms with Crippen LogP contribution in [-0.4, -0.2) is 29.9 Å². The molecule has 2 amide bonds. The molecule has 2 aromatic rings. The quantitative estimate of drug-likeness (QED) is 0.682. The van der Waals surface area contributed by atoms with E-state index in [2.05, 4.69) is 10.6 Å². The SMILES string of the molecule is CC(C)[C@H](NC(=O)c1ccco1)C(=O)O[C@H](C)C(=O)Nc1ccc(F)cc1Cl. The molecule has 28 heavy (non-hydrogen) atoms. The van der Waals surface area contributed by atoms with Crippen LogP contribution >= 0.6 is 11.6 Å². The second-order valence-corrected chi connectivity index (χ2v) is 6.77. The Morgan fingerprint density at radius 1 is 1.18 bits per heavy atom. The molecule has 0 aliphatic carbocycles. The van der Waals surface area contributed by atoms with Gasteiger partial charge in [-0.3, -0.25) is 9.59 Å². The molecule has 1 aromatic heterocycles. The van der Waals surface area contributed by atoms with Crippen LogP contribution in [0.25, 0.3) is 0 Å². The maximum absolute atomic E-state index is 13.1. The fourth-order valence-corrected chi connectivity index (χ4v) is 2.46. The minimum Gasteiger partial charge on any atom is -0.459 e. The second-order valence-electron chi connectivity index (χ2n) is 6.36. The molecule has 0 aliphatic heterocycles. The van der Waals surface area contributed by atoms with E-state index in [1.807, 2.05) is 0 Å². The van der Waals surface area contributed by atoms with Crippen molar-refractivity contribution in [2.45, 2.75) is 32.9 Å². The van der Waals surface area contributed by atoms with Crippen LogP contribution in [0, 0.1) is 11.7 Å². The molecule has 2 rings (SSSR count). The molecule has 1 heterocycles. The van der Waals surface area contributed by atoms with Gasteiger partial charge in [0.05, 0.1) is 17.0 Å². The van der Waals surface area contributed by atoms with Gasteiger partial charge in [0.15, 0.2) is 11.9 Å². The maximum Gasteiger partial charge on any atom is 0.329 e. The number of halogens is 2. The van der Waals surface area contributed by atoms with Gasteiger partial charge in [-0.05, 0) is 43.2 Å². The fourth-order valence-electron chi connectivity index (χ4n) is 2.24. The van der Waals surface area contributed by atoms with Gasteiger partial charge in [-0.25, -0.2) is 9.18 Å². The standard InChI is InChI=1S/C19H20ClFN2O5/c1-10(2)16(23-18(25)15-5-4-8-27-15)19(26)28-11(3)17(24)22-14-7-6-12(21)9-13(14)20/h4-11,16H,1-3H3,(H,22,24)(H,23,25)/t11-,16+/m1/s1. The van der Waals surface area contributed by atoms with E-state index in [1.54, 1.807) is 19.9 Å². The summed E-state index contributed by atoms with van der Waals surface area (Å²) < 4.78 is 23.2. The zero-order chi connectivity index (χ0) is 20.8. The van der Waals surface area contributed by atoms with Gasteiger partial charge in [0.1, 0.15) is 11.9 Å². The predicted octanol–water partition coefficient (Wildman–Crippen LogP) is 3.40. The molecule has 0 unspecified atom stereocenters. The number of carbonyl (C=O) groups excluding carboxylic acids is 3. The van der Waals surface area contributed by atoms with Crippen molar-refractivity contribution in [2.75, 3.05) is 5.32 Å². The summed E-state index contributed by atoms with van der Waals surface area (Å²) in [5.74, 6) is -2.79. The van der Waals surface area contributed by atoms with Crippen molar-refractivity contribution in [1.82, 2.24) is 5.32 Å². The summed E-state index contributed by atoms with van der Waals surface area (Å²) >= 11 is 5.86. The normalized spacial score (nSPS) is 12.9. The fraction of sp³-hybridized carbons (Fsp3) is 0.316. The zero-order valence-electron chi connectivity index (χ0n) is 15.5. The third-order valence-electron chi connectivity index (χ3n) is 3.80. The third-order valence-corrected chi connectivity index (χ3v) is 4.12. The first-order valence-electron chi connectivity index (χ1n) is 8.49. The molecule has 2 N–H and O–H groups in total. The zero-order valence-corrected chi connectivity index (χ0v) is 16.2. The number of benzene rings is 1. The van der Waals surface area contributed by atoms with Crippen molar-refractivity contribution in [1.29, 1.82) is 0 Å². The van der Waals surface area contributed by atoms with Gasteiger partial charge in [-0.1, -0.05) is 25.4 Å². The van der Waals surface area contributed by atoms with Crippen molar-refractivity contribution in [2.24, 2.45) is 5.92 Å². The smallest absolute Gasteiger partial charge is 0.329 e. The molecule has 0 spiro atoms. The van der Waals surface area contributed by atoms with Crippen molar-refractivity contribution in [3.63, 3.8) is 0 Å². The van der Waals surface area contributed by atoms with Gasteiger partial charge >= 0.3 is 5.97 Å². The van der Waals surface area contributed by atoms with E-state index in [-0.39, 0.29) is 22.4 Å². The van der Waals surface area contributed by atoms with Crippen LogP contribution in [0.15, 0.2) is 41.0 Å². The second kappa shape index (κ2) is 9.36. The lowest BCUT2D eigenvalue weighted by Gasteiger charge is -2.22. The first kappa shape index (κ1) is 21.4. The first-order chi connectivity index (χ1) is 13.2. The molecule has 0 aliphatic rings. The number of amides is 2. The molecule has 0 saturated carbocycles. The monoisotopic (exact) mass is 410 g/mol. The Balaban J connectivity index is 1.99. The van der Waals surface area contributed by atoms with E-state index in [0.717, 1.165) is 12.1 Å². The summed E-state index contributed by atoms with van der Waals surface area (Å²) in [4.78, 5) is 36.8. The van der Waals surface area contributed by atoms with Gasteiger partial charge in [-0.15, -0.1) is 0 Å². The van der Waals surface area contributed by atoms with Crippen LogP contribution < -0.4 is 10.6 Å². The summed E-state index contributed by atoms with van der Waals surface area (Å²) in [6.07, 6.45) is 0.167. The molecule has 1 aromatic carbocycles. The Bertz CT molecular complexity index is 854. The Kier molecular flexibility index (Phi) is 7.17. The minimum absolute atomic E-state index is 0.0117. The Labute approximate surface area is 166 Å². The molecule has 0 bridgehead atoms. The number of nitrogens with one attached hydrogen (secondary N) is 2. The number of ether oxygens (including phenoxy) is 1. The largest absolute Gasteiger partial charge is 0.459 e. The summed E-state index contributed by atoms with van der Waals surface area (Å²) in [5, 5.41) is 4.99. The maximum atomic E-state index is 13.1. The van der Waals surface area contributed by atoms with Crippen LogP contribution in [-0.2, 0) is 14.3 Å². The summed E-state index contributed by atoms with van der Waals surface area (Å²) in [7, 11) is 0. The summed E-state index contributed by atoms with van der Waals surface area (Å²) in [6, 6.07) is 5.50. The molecule has 9 heteroatoms. The topological polar surface area (TPSA) is 97.6 Å². The number of esters is 1. The number of carbonyl (C=O) groups is 3. The molecular formula is C19H20ClFN2O5. The highest BCUT2D eigenvalue weighted by Gasteiger charge is 2.30. The van der Waals surface area contributed by atoms with Crippen LogP contribution in [0.3, 0.4) is 0 Å². The van der Waals surface area contributed by atoms with Crippen LogP contribution in [0.4, 0.5) is 10.1 Å². The highest BCUT2D eigenvalue weighted by atomic mass is 35.5. The van der Waals surface area contributed by atoms with E-state index in [4.69, 9.17) is 20.8 Å². The van der Waals surface area contributed by atoms with Crippen molar-refractivity contribution in [3.05, 3.63) is 53.2 Å². The number of rotatable bonds is 7. The average Bonchev–Trinajstić information content (AvgIpc) is 3.16. The lowest BCUT2D eigenvalue weighted by atomic mass is 10.0. The molecule has 150 valence electrons. The number of anilines is 1. The summed E-state index contributed by atoms with van der Waals surface area (Å²) in [6.45, 7) is 4.81. The molecule has 0 fully saturated rings. The van der Waals surface area contributed by atoms with Gasteiger partial charge in [0.25, 0.3) is 11.8 Å². The average molecular weight is 411 g/mol. The van der Waals surface area contributed by atoms with Crippen molar-refractivity contribution in [3.8, 4) is 0 Å². The van der Waals surface area contributed by atoms with Crippen molar-refractivity contribution < 1.29 is 27.9 Å². The molecule has 0 saturated heterocycles. The van der Waals surface area contributed by atoms with E-state index >= 15 is 0 Å². The lowest BCUT2D eigenvalue weighted by molar-refractivity contribution is -0.156. The van der Waals surface area contributed by atoms with E-state index in [9.17, 15) is 18.8 Å². The number of hydrogen-bond donors (Lipinski definition) is 2. The van der Waals surface area contributed by atoms with E-state index in [0.29, 0.717) is 0 Å². The van der Waals surface area contributed by atoms with Gasteiger partial charge in [0.2, 0.25) is 0 Å². The van der Waals surface area contributed by atoms with Crippen LogP contribution in [0.5, 0.6) is 0 Å². The Morgan fingerprint density at radius 3 is 2.46 bits per heavy atom. The summed E-state index contributed by atoms with van der Waals surface area (Å²) in [5.41, 5.74) is 0.183. The Morgan fingerprint density at radius 2 is 1.89 bits per heavy atom. The van der Waals surface area contributed by atoms with Gasteiger partial charge in [-0.2, -0.15) is 0 Å². The van der Waals surface area contributed by atoms with Gasteiger partial charge < -0.3 is 19.8 Å². The highest BCUT2D eigenvalue weighted by molar-refractivity contribution is 6.33. The lowest BCUT2D eigenvalue weighted by Crippen LogP contribution is -2.47. The van der Waals surface area contributed by atoms with Crippen LogP contribution in [0.1, 0.15) is 31.3 Å². The molecule has 7 nitrogen and oxygen atoms in total. The van der Waals surface area contributed by atoms with Gasteiger partial charge in [0, 0.05) is 0 Å². The van der Waals surface area contributed by atoms with E-state index < -0.39 is 35.7 Å². The third kappa shape index (κ3) is 5.56. The number of furan rings is 1. The van der Waals surface area contributed by atoms with Crippen molar-refractivity contribution >= 4 is 35.1 Å². The van der Waals surface area contributed by atoms with Crippen LogP contribution in [0.2, 0.25) is 5.02 Å². The molecule has 0 radical (unpaired) electrons. The van der Waals surface area contributed by atoms with E-state index in [1.165, 1.54) is 25.3 Å². The first-order valence-corrected chi connectivity index (χ1v) is 8.87. The predicted molar refractivity (Wildman–Crippen MR) is 100 cm³/mol. The molecular weight excluding hydrogens is 391 g/mol.